The van der Waals surface area contributed by atoms with Gasteiger partial charge in [-0.3, -0.25) is 4.98 Å². The maximum absolute atomic E-state index is 10.4. The Kier molecular flexibility index (Phi) is 4.24. The van der Waals surface area contributed by atoms with E-state index in [1.54, 1.807) is 12.1 Å². The summed E-state index contributed by atoms with van der Waals surface area (Å²) in [5, 5.41) is 12.1. The number of halogens is 2. The van der Waals surface area contributed by atoms with Crippen LogP contribution in [-0.2, 0) is 6.42 Å². The van der Waals surface area contributed by atoms with Gasteiger partial charge in [-0.1, -0.05) is 57.9 Å². The van der Waals surface area contributed by atoms with Gasteiger partial charge in [-0.15, -0.1) is 0 Å². The molecular formula is C17H13BrClNO. The zero-order valence-electron chi connectivity index (χ0n) is 11.1. The molecule has 0 fully saturated rings. The van der Waals surface area contributed by atoms with E-state index >= 15 is 0 Å². The molecule has 1 N–H and O–H groups in total. The number of aliphatic hydroxyl groups is 1. The van der Waals surface area contributed by atoms with Crippen molar-refractivity contribution in [3.8, 4) is 0 Å². The van der Waals surface area contributed by atoms with Crippen molar-refractivity contribution < 1.29 is 5.11 Å². The van der Waals surface area contributed by atoms with Crippen molar-refractivity contribution >= 4 is 38.4 Å². The van der Waals surface area contributed by atoms with Crippen LogP contribution in [0.25, 0.3) is 10.9 Å². The van der Waals surface area contributed by atoms with Crippen LogP contribution in [0, 0.1) is 0 Å². The lowest BCUT2D eigenvalue weighted by molar-refractivity contribution is 0.176. The Labute approximate surface area is 136 Å². The lowest BCUT2D eigenvalue weighted by Crippen LogP contribution is -2.04. The van der Waals surface area contributed by atoms with Gasteiger partial charge in [0.05, 0.1) is 11.6 Å². The van der Waals surface area contributed by atoms with E-state index in [9.17, 15) is 5.11 Å². The highest BCUT2D eigenvalue weighted by Gasteiger charge is 2.13. The van der Waals surface area contributed by atoms with E-state index in [0.29, 0.717) is 11.4 Å². The van der Waals surface area contributed by atoms with Gasteiger partial charge in [0.25, 0.3) is 0 Å². The molecule has 0 amide bonds. The van der Waals surface area contributed by atoms with Crippen molar-refractivity contribution in [2.75, 3.05) is 0 Å². The Morgan fingerprint density at radius 2 is 1.90 bits per heavy atom. The van der Waals surface area contributed by atoms with E-state index in [0.717, 1.165) is 26.6 Å². The zero-order valence-corrected chi connectivity index (χ0v) is 13.5. The van der Waals surface area contributed by atoms with Gasteiger partial charge in [0.15, 0.2) is 0 Å². The molecule has 0 aliphatic carbocycles. The summed E-state index contributed by atoms with van der Waals surface area (Å²) < 4.78 is 0.809. The van der Waals surface area contributed by atoms with Gasteiger partial charge in [-0.2, -0.15) is 0 Å². The molecule has 1 aromatic heterocycles. The van der Waals surface area contributed by atoms with E-state index in [2.05, 4.69) is 20.9 Å². The van der Waals surface area contributed by atoms with Crippen molar-refractivity contribution in [1.82, 2.24) is 4.98 Å². The van der Waals surface area contributed by atoms with Crippen LogP contribution in [0.15, 0.2) is 59.1 Å². The average molecular weight is 363 g/mol. The maximum atomic E-state index is 10.4. The second-order valence-electron chi connectivity index (χ2n) is 4.88. The number of pyridine rings is 1. The molecule has 106 valence electrons. The van der Waals surface area contributed by atoms with Crippen LogP contribution in [0.4, 0.5) is 0 Å². The zero-order chi connectivity index (χ0) is 14.8. The lowest BCUT2D eigenvalue weighted by Gasteiger charge is -2.13. The van der Waals surface area contributed by atoms with E-state index in [-0.39, 0.29) is 0 Å². The molecule has 0 aliphatic rings. The van der Waals surface area contributed by atoms with Crippen molar-refractivity contribution in [2.45, 2.75) is 12.5 Å². The minimum absolute atomic E-state index is 0.463. The first-order chi connectivity index (χ1) is 10.1. The fourth-order valence-electron chi connectivity index (χ4n) is 2.30. The van der Waals surface area contributed by atoms with Gasteiger partial charge < -0.3 is 5.11 Å². The van der Waals surface area contributed by atoms with E-state index in [4.69, 9.17) is 11.6 Å². The molecule has 21 heavy (non-hydrogen) atoms. The van der Waals surface area contributed by atoms with Crippen molar-refractivity contribution in [3.05, 3.63) is 75.4 Å². The van der Waals surface area contributed by atoms with Gasteiger partial charge in [-0.05, 0) is 29.8 Å². The fourth-order valence-corrected chi connectivity index (χ4v) is 3.25. The largest absolute Gasteiger partial charge is 0.388 e. The van der Waals surface area contributed by atoms with Crippen LogP contribution in [-0.4, -0.2) is 10.1 Å². The summed E-state index contributed by atoms with van der Waals surface area (Å²) in [5.74, 6) is 0. The second-order valence-corrected chi connectivity index (χ2v) is 6.17. The highest BCUT2D eigenvalue weighted by Crippen LogP contribution is 2.28. The van der Waals surface area contributed by atoms with Crippen LogP contribution < -0.4 is 0 Å². The molecule has 2 aromatic carbocycles. The summed E-state index contributed by atoms with van der Waals surface area (Å²) in [7, 11) is 0. The molecule has 0 bridgehead atoms. The highest BCUT2D eigenvalue weighted by atomic mass is 79.9. The SMILES string of the molecule is OC(Cc1ccc2ccccc2n1)c1ccc(Cl)cc1Br. The Hall–Kier alpha value is -1.42. The van der Waals surface area contributed by atoms with Gasteiger partial charge in [0.1, 0.15) is 0 Å². The van der Waals surface area contributed by atoms with Gasteiger partial charge >= 0.3 is 0 Å². The number of aromatic nitrogens is 1. The van der Waals surface area contributed by atoms with Crippen LogP contribution >= 0.6 is 27.5 Å². The Bertz CT molecular complexity index is 791. The molecule has 3 rings (SSSR count). The quantitative estimate of drug-likeness (QED) is 0.717. The van der Waals surface area contributed by atoms with Crippen molar-refractivity contribution in [3.63, 3.8) is 0 Å². The number of para-hydroxylation sites is 1. The molecule has 0 saturated carbocycles. The van der Waals surface area contributed by atoms with Crippen LogP contribution in [0.5, 0.6) is 0 Å². The third-order valence-corrected chi connectivity index (χ3v) is 4.30. The first-order valence-corrected chi connectivity index (χ1v) is 7.78. The summed E-state index contributed by atoms with van der Waals surface area (Å²) in [6, 6.07) is 17.3. The summed E-state index contributed by atoms with van der Waals surface area (Å²) in [5.41, 5.74) is 2.62. The molecule has 0 saturated heterocycles. The number of hydrogen-bond donors (Lipinski definition) is 1. The topological polar surface area (TPSA) is 33.1 Å². The lowest BCUT2D eigenvalue weighted by atomic mass is 10.0. The molecule has 0 aliphatic heterocycles. The smallest absolute Gasteiger partial charge is 0.0856 e. The predicted octanol–water partition coefficient (Wildman–Crippen LogP) is 4.93. The van der Waals surface area contributed by atoms with Gasteiger partial charge in [-0.25, -0.2) is 0 Å². The number of hydrogen-bond acceptors (Lipinski definition) is 2. The average Bonchev–Trinajstić information content (AvgIpc) is 2.47. The Balaban J connectivity index is 1.87. The molecule has 2 nitrogen and oxygen atoms in total. The number of rotatable bonds is 3. The minimum atomic E-state index is -0.620. The minimum Gasteiger partial charge on any atom is -0.388 e. The van der Waals surface area contributed by atoms with Crippen molar-refractivity contribution in [1.29, 1.82) is 0 Å². The van der Waals surface area contributed by atoms with Gasteiger partial charge in [0, 0.05) is 27.0 Å². The van der Waals surface area contributed by atoms with Crippen LogP contribution in [0.3, 0.4) is 0 Å². The third-order valence-electron chi connectivity index (χ3n) is 3.38. The molecule has 0 spiro atoms. The van der Waals surface area contributed by atoms with Crippen LogP contribution in [0.1, 0.15) is 17.4 Å². The van der Waals surface area contributed by atoms with E-state index in [1.807, 2.05) is 42.5 Å². The molecule has 3 aromatic rings. The highest BCUT2D eigenvalue weighted by molar-refractivity contribution is 9.10. The predicted molar refractivity (Wildman–Crippen MR) is 89.6 cm³/mol. The summed E-state index contributed by atoms with van der Waals surface area (Å²) in [6.07, 6.45) is -0.157. The molecule has 1 heterocycles. The maximum Gasteiger partial charge on any atom is 0.0856 e. The molecule has 1 unspecified atom stereocenters. The van der Waals surface area contributed by atoms with E-state index < -0.39 is 6.10 Å². The first-order valence-electron chi connectivity index (χ1n) is 6.61. The Morgan fingerprint density at radius 3 is 2.71 bits per heavy atom. The molecule has 0 radical (unpaired) electrons. The summed E-state index contributed by atoms with van der Waals surface area (Å²) in [4.78, 5) is 4.59. The van der Waals surface area contributed by atoms with E-state index in [1.165, 1.54) is 0 Å². The normalized spacial score (nSPS) is 12.5. The second kappa shape index (κ2) is 6.14. The van der Waals surface area contributed by atoms with Crippen LogP contribution in [0.2, 0.25) is 5.02 Å². The Morgan fingerprint density at radius 1 is 1.10 bits per heavy atom. The molecular weight excluding hydrogens is 350 g/mol. The fraction of sp³-hybridized carbons (Fsp3) is 0.118. The molecule has 1 atom stereocenters. The monoisotopic (exact) mass is 361 g/mol. The first kappa shape index (κ1) is 14.5. The van der Waals surface area contributed by atoms with Crippen molar-refractivity contribution in [2.24, 2.45) is 0 Å². The number of aliphatic hydroxyl groups excluding tert-OH is 1. The summed E-state index contributed by atoms with van der Waals surface area (Å²) >= 11 is 9.36. The molecule has 4 heteroatoms. The standard InChI is InChI=1S/C17H13BrClNO/c18-15-9-12(19)6-8-14(15)17(21)10-13-7-5-11-3-1-2-4-16(11)20-13/h1-9,17,21H,10H2. The number of fused-ring (bicyclic) bond motifs is 1. The summed E-state index contributed by atoms with van der Waals surface area (Å²) in [6.45, 7) is 0. The number of benzene rings is 2. The number of nitrogens with zero attached hydrogens (tertiary/aromatic N) is 1. The third kappa shape index (κ3) is 3.26. The van der Waals surface area contributed by atoms with Gasteiger partial charge in [0.2, 0.25) is 0 Å².